The van der Waals surface area contributed by atoms with Crippen molar-refractivity contribution in [3.63, 3.8) is 0 Å². The Morgan fingerprint density at radius 2 is 1.46 bits per heavy atom. The van der Waals surface area contributed by atoms with E-state index in [0.29, 0.717) is 16.8 Å². The first-order valence-electron chi connectivity index (χ1n) is 7.49. The van der Waals surface area contributed by atoms with Gasteiger partial charge in [0.05, 0.1) is 0 Å². The fourth-order valence-corrected chi connectivity index (χ4v) is 2.29. The average Bonchev–Trinajstić information content (AvgIpc) is 2.63. The maximum absolute atomic E-state index is 5.35. The number of anilines is 2. The SMILES string of the molecule is S=C(/N=C(\Nc1ccccc1)c1ccccc1)Nc1ccccn1. The van der Waals surface area contributed by atoms with Gasteiger partial charge in [0, 0.05) is 17.4 Å². The fraction of sp³-hybridized carbons (Fsp3) is 0. The number of aromatic nitrogens is 1. The van der Waals surface area contributed by atoms with Crippen LogP contribution < -0.4 is 10.6 Å². The molecule has 0 fully saturated rings. The number of benzene rings is 2. The standard InChI is InChI=1S/C19H16N4S/c24-19(22-17-13-7-8-14-20-17)23-18(15-9-3-1-4-10-15)21-16-11-5-2-6-12-16/h1-14H,(H2,20,21,22,23,24). The van der Waals surface area contributed by atoms with Gasteiger partial charge >= 0.3 is 0 Å². The molecule has 0 radical (unpaired) electrons. The van der Waals surface area contributed by atoms with E-state index in [2.05, 4.69) is 20.6 Å². The lowest BCUT2D eigenvalue weighted by atomic mass is 10.2. The van der Waals surface area contributed by atoms with Crippen molar-refractivity contribution in [3.8, 4) is 0 Å². The monoisotopic (exact) mass is 332 g/mol. The van der Waals surface area contributed by atoms with Gasteiger partial charge < -0.3 is 10.6 Å². The third-order valence-corrected chi connectivity index (χ3v) is 3.39. The number of rotatable bonds is 3. The quantitative estimate of drug-likeness (QED) is 0.426. The van der Waals surface area contributed by atoms with Gasteiger partial charge in [0.1, 0.15) is 11.7 Å². The van der Waals surface area contributed by atoms with E-state index in [1.807, 2.05) is 78.9 Å². The van der Waals surface area contributed by atoms with E-state index in [-0.39, 0.29) is 0 Å². The molecule has 0 unspecified atom stereocenters. The molecule has 0 spiro atoms. The molecule has 0 saturated heterocycles. The molecule has 24 heavy (non-hydrogen) atoms. The zero-order chi connectivity index (χ0) is 16.6. The summed E-state index contributed by atoms with van der Waals surface area (Å²) >= 11 is 5.35. The molecule has 0 amide bonds. The van der Waals surface area contributed by atoms with Gasteiger partial charge in [-0.25, -0.2) is 9.98 Å². The minimum Gasteiger partial charge on any atom is -0.340 e. The zero-order valence-corrected chi connectivity index (χ0v) is 13.7. The topological polar surface area (TPSA) is 49.3 Å². The molecule has 0 atom stereocenters. The molecular weight excluding hydrogens is 316 g/mol. The molecule has 2 aromatic carbocycles. The lowest BCUT2D eigenvalue weighted by molar-refractivity contribution is 1.32. The Bertz CT molecular complexity index is 818. The van der Waals surface area contributed by atoms with E-state index in [1.54, 1.807) is 6.20 Å². The summed E-state index contributed by atoms with van der Waals surface area (Å²) in [6.07, 6.45) is 1.70. The van der Waals surface area contributed by atoms with E-state index in [9.17, 15) is 0 Å². The normalized spacial score (nSPS) is 10.9. The summed E-state index contributed by atoms with van der Waals surface area (Å²) in [4.78, 5) is 8.72. The first kappa shape index (κ1) is 15.8. The number of hydrogen-bond acceptors (Lipinski definition) is 2. The first-order valence-corrected chi connectivity index (χ1v) is 7.90. The summed E-state index contributed by atoms with van der Waals surface area (Å²) in [6.45, 7) is 0. The van der Waals surface area contributed by atoms with Crippen molar-refractivity contribution in [1.29, 1.82) is 0 Å². The van der Waals surface area contributed by atoms with Gasteiger partial charge in [0.25, 0.3) is 0 Å². The number of nitrogens with zero attached hydrogens (tertiary/aromatic N) is 2. The number of thiocarbonyl (C=S) groups is 1. The van der Waals surface area contributed by atoms with Crippen molar-refractivity contribution in [2.75, 3.05) is 10.6 Å². The molecule has 118 valence electrons. The van der Waals surface area contributed by atoms with Crippen LogP contribution in [0, 0.1) is 0 Å². The zero-order valence-electron chi connectivity index (χ0n) is 12.9. The molecule has 1 heterocycles. The van der Waals surface area contributed by atoms with Crippen molar-refractivity contribution < 1.29 is 0 Å². The highest BCUT2D eigenvalue weighted by Gasteiger charge is 2.06. The van der Waals surface area contributed by atoms with Gasteiger partial charge in [0.15, 0.2) is 5.11 Å². The lowest BCUT2D eigenvalue weighted by Gasteiger charge is -2.11. The van der Waals surface area contributed by atoms with Crippen LogP contribution >= 0.6 is 12.2 Å². The van der Waals surface area contributed by atoms with E-state index in [1.165, 1.54) is 0 Å². The molecule has 0 aliphatic carbocycles. The van der Waals surface area contributed by atoms with E-state index >= 15 is 0 Å². The van der Waals surface area contributed by atoms with Crippen LogP contribution in [0.3, 0.4) is 0 Å². The number of hydrogen-bond donors (Lipinski definition) is 2. The van der Waals surface area contributed by atoms with Crippen molar-refractivity contribution >= 4 is 34.7 Å². The van der Waals surface area contributed by atoms with Crippen LogP contribution in [-0.4, -0.2) is 15.9 Å². The van der Waals surface area contributed by atoms with Crippen molar-refractivity contribution in [2.24, 2.45) is 4.99 Å². The summed E-state index contributed by atoms with van der Waals surface area (Å²) < 4.78 is 0. The average molecular weight is 332 g/mol. The molecular formula is C19H16N4S. The minimum absolute atomic E-state index is 0.344. The Balaban J connectivity index is 1.85. The van der Waals surface area contributed by atoms with Gasteiger partial charge in [-0.1, -0.05) is 54.6 Å². The smallest absolute Gasteiger partial charge is 0.200 e. The predicted molar refractivity (Wildman–Crippen MR) is 104 cm³/mol. The lowest BCUT2D eigenvalue weighted by Crippen LogP contribution is -2.18. The number of amidine groups is 1. The highest BCUT2D eigenvalue weighted by Crippen LogP contribution is 2.10. The molecule has 2 N–H and O–H groups in total. The first-order chi connectivity index (χ1) is 11.8. The highest BCUT2D eigenvalue weighted by atomic mass is 32.1. The number of nitrogens with one attached hydrogen (secondary N) is 2. The van der Waals surface area contributed by atoms with Crippen LogP contribution in [0.25, 0.3) is 0 Å². The summed E-state index contributed by atoms with van der Waals surface area (Å²) in [5, 5.41) is 6.68. The van der Waals surface area contributed by atoms with E-state index < -0.39 is 0 Å². The van der Waals surface area contributed by atoms with Crippen molar-refractivity contribution in [3.05, 3.63) is 90.6 Å². The Hall–Kier alpha value is -3.05. The molecule has 0 aliphatic heterocycles. The summed E-state index contributed by atoms with van der Waals surface area (Å²) in [5.74, 6) is 1.34. The molecule has 1 aromatic heterocycles. The Morgan fingerprint density at radius 3 is 2.12 bits per heavy atom. The van der Waals surface area contributed by atoms with Crippen LogP contribution in [0.5, 0.6) is 0 Å². The van der Waals surface area contributed by atoms with Crippen LogP contribution in [0.2, 0.25) is 0 Å². The molecule has 0 saturated carbocycles. The number of pyridine rings is 1. The Morgan fingerprint density at radius 1 is 0.792 bits per heavy atom. The summed E-state index contributed by atoms with van der Waals surface area (Å²) in [6, 6.07) is 25.3. The molecule has 4 nitrogen and oxygen atoms in total. The molecule has 3 rings (SSSR count). The fourth-order valence-electron chi connectivity index (χ4n) is 2.09. The number of para-hydroxylation sites is 1. The van der Waals surface area contributed by atoms with Crippen molar-refractivity contribution in [2.45, 2.75) is 0 Å². The minimum atomic E-state index is 0.344. The molecule has 0 bridgehead atoms. The van der Waals surface area contributed by atoms with E-state index in [0.717, 1.165) is 11.3 Å². The maximum Gasteiger partial charge on any atom is 0.200 e. The van der Waals surface area contributed by atoms with E-state index in [4.69, 9.17) is 12.2 Å². The van der Waals surface area contributed by atoms with Crippen LogP contribution in [0.4, 0.5) is 11.5 Å². The second kappa shape index (κ2) is 7.99. The molecule has 3 aromatic rings. The van der Waals surface area contributed by atoms with Crippen LogP contribution in [0.15, 0.2) is 90.1 Å². The van der Waals surface area contributed by atoms with Gasteiger partial charge in [-0.15, -0.1) is 0 Å². The predicted octanol–water partition coefficient (Wildman–Crippen LogP) is 4.34. The molecule has 5 heteroatoms. The second-order valence-electron chi connectivity index (χ2n) is 4.96. The third-order valence-electron chi connectivity index (χ3n) is 3.20. The maximum atomic E-state index is 5.35. The highest BCUT2D eigenvalue weighted by molar-refractivity contribution is 7.80. The molecule has 0 aliphatic rings. The second-order valence-corrected chi connectivity index (χ2v) is 5.35. The van der Waals surface area contributed by atoms with Gasteiger partial charge in [-0.2, -0.15) is 0 Å². The largest absolute Gasteiger partial charge is 0.340 e. The summed E-state index contributed by atoms with van der Waals surface area (Å²) in [5.41, 5.74) is 1.90. The van der Waals surface area contributed by atoms with Crippen LogP contribution in [0.1, 0.15) is 5.56 Å². The van der Waals surface area contributed by atoms with Gasteiger partial charge in [0.2, 0.25) is 0 Å². The van der Waals surface area contributed by atoms with Gasteiger partial charge in [-0.05, 0) is 36.5 Å². The number of aliphatic imine (C=N–C) groups is 1. The Labute approximate surface area is 146 Å². The van der Waals surface area contributed by atoms with Crippen molar-refractivity contribution in [1.82, 2.24) is 4.98 Å². The van der Waals surface area contributed by atoms with Crippen LogP contribution in [-0.2, 0) is 0 Å². The summed E-state index contributed by atoms with van der Waals surface area (Å²) in [7, 11) is 0. The third kappa shape index (κ3) is 4.47. The van der Waals surface area contributed by atoms with Gasteiger partial charge in [-0.3, -0.25) is 0 Å². The Kier molecular flexibility index (Phi) is 5.27.